The van der Waals surface area contributed by atoms with Crippen LogP contribution < -0.4 is 5.32 Å². The van der Waals surface area contributed by atoms with Crippen molar-refractivity contribution in [1.82, 2.24) is 5.32 Å². The summed E-state index contributed by atoms with van der Waals surface area (Å²) in [5, 5.41) is 12.4. The van der Waals surface area contributed by atoms with Crippen molar-refractivity contribution in [1.29, 1.82) is 0 Å². The lowest BCUT2D eigenvalue weighted by molar-refractivity contribution is 0.0299. The topological polar surface area (TPSA) is 58.6 Å². The second-order valence-electron chi connectivity index (χ2n) is 5.05. The average molecular weight is 298 g/mol. The molecular weight excluding hydrogens is 278 g/mol. The molecule has 110 valence electrons. The molecule has 4 nitrogen and oxygen atoms in total. The normalized spacial score (nSPS) is 16.1. The maximum atomic E-state index is 11.9. The molecule has 0 saturated heterocycles. The van der Waals surface area contributed by atoms with Gasteiger partial charge in [-0.15, -0.1) is 0 Å². The third kappa shape index (κ3) is 4.39. The Labute approximate surface area is 124 Å². The summed E-state index contributed by atoms with van der Waals surface area (Å²) in [6.45, 7) is 0.953. The van der Waals surface area contributed by atoms with Gasteiger partial charge in [-0.2, -0.15) is 0 Å². The molecule has 0 atom stereocenters. The number of rotatable bonds is 5. The largest absolute Gasteiger partial charge is 0.508 e. The van der Waals surface area contributed by atoms with E-state index in [1.54, 1.807) is 0 Å². The van der Waals surface area contributed by atoms with Crippen molar-refractivity contribution in [3.8, 4) is 5.75 Å². The molecule has 1 aliphatic carbocycles. The fourth-order valence-electron chi connectivity index (χ4n) is 2.40. The lowest BCUT2D eigenvalue weighted by atomic mass is 9.98. The van der Waals surface area contributed by atoms with E-state index in [0.29, 0.717) is 24.3 Å². The minimum atomic E-state index is -0.293. The number of nitrogens with one attached hydrogen (secondary N) is 1. The summed E-state index contributed by atoms with van der Waals surface area (Å²) < 4.78 is 5.73. The Morgan fingerprint density at radius 1 is 1.35 bits per heavy atom. The molecule has 1 aromatic rings. The first-order valence-electron chi connectivity index (χ1n) is 7.05. The molecule has 1 aromatic carbocycles. The lowest BCUT2D eigenvalue weighted by Gasteiger charge is -2.22. The predicted octanol–water partition coefficient (Wildman–Crippen LogP) is 3.12. The van der Waals surface area contributed by atoms with Crippen molar-refractivity contribution in [2.45, 2.75) is 38.2 Å². The van der Waals surface area contributed by atoms with Gasteiger partial charge in [0.15, 0.2) is 0 Å². The summed E-state index contributed by atoms with van der Waals surface area (Å²) in [5.74, 6) is -0.267. The Morgan fingerprint density at radius 2 is 2.10 bits per heavy atom. The van der Waals surface area contributed by atoms with E-state index >= 15 is 0 Å². The molecule has 0 heterocycles. The van der Waals surface area contributed by atoms with Crippen LogP contribution >= 0.6 is 11.6 Å². The van der Waals surface area contributed by atoms with Gasteiger partial charge in [0.25, 0.3) is 5.91 Å². The number of halogens is 1. The molecule has 0 unspecified atom stereocenters. The molecule has 1 aliphatic rings. The van der Waals surface area contributed by atoms with E-state index in [-0.39, 0.29) is 17.2 Å². The Morgan fingerprint density at radius 3 is 2.85 bits per heavy atom. The van der Waals surface area contributed by atoms with Gasteiger partial charge >= 0.3 is 0 Å². The molecule has 0 bridgehead atoms. The first-order chi connectivity index (χ1) is 9.66. The highest BCUT2D eigenvalue weighted by atomic mass is 35.5. The highest BCUT2D eigenvalue weighted by Gasteiger charge is 2.14. The van der Waals surface area contributed by atoms with Gasteiger partial charge in [-0.3, -0.25) is 4.79 Å². The van der Waals surface area contributed by atoms with Gasteiger partial charge in [-0.05, 0) is 31.0 Å². The standard InChI is InChI=1S/C15H20ClNO3/c16-14-7-6-11(18)10-13(14)15(19)17-8-9-20-12-4-2-1-3-5-12/h6-7,10,12,18H,1-5,8-9H2,(H,17,19). The summed E-state index contributed by atoms with van der Waals surface area (Å²) in [6.07, 6.45) is 6.34. The van der Waals surface area contributed by atoms with E-state index in [2.05, 4.69) is 5.32 Å². The number of phenolic OH excluding ortho intramolecular Hbond substituents is 1. The summed E-state index contributed by atoms with van der Waals surface area (Å²) in [6, 6.07) is 4.31. The van der Waals surface area contributed by atoms with Crippen LogP contribution in [0.1, 0.15) is 42.5 Å². The van der Waals surface area contributed by atoms with Crippen molar-refractivity contribution in [3.05, 3.63) is 28.8 Å². The van der Waals surface area contributed by atoms with Gasteiger partial charge < -0.3 is 15.2 Å². The first-order valence-corrected chi connectivity index (χ1v) is 7.43. The lowest BCUT2D eigenvalue weighted by Crippen LogP contribution is -2.29. The van der Waals surface area contributed by atoms with Crippen LogP contribution in [0, 0.1) is 0 Å². The van der Waals surface area contributed by atoms with Crippen LogP contribution in [0.3, 0.4) is 0 Å². The zero-order chi connectivity index (χ0) is 14.4. The van der Waals surface area contributed by atoms with Crippen LogP contribution in [0.4, 0.5) is 0 Å². The van der Waals surface area contributed by atoms with E-state index in [0.717, 1.165) is 12.8 Å². The summed E-state index contributed by atoms with van der Waals surface area (Å²) in [5.41, 5.74) is 0.282. The van der Waals surface area contributed by atoms with Gasteiger partial charge in [0.1, 0.15) is 5.75 Å². The smallest absolute Gasteiger partial charge is 0.253 e. The second-order valence-corrected chi connectivity index (χ2v) is 5.46. The zero-order valence-electron chi connectivity index (χ0n) is 11.4. The molecule has 2 rings (SSSR count). The van der Waals surface area contributed by atoms with Crippen LogP contribution in [-0.4, -0.2) is 30.3 Å². The third-order valence-electron chi connectivity index (χ3n) is 3.49. The van der Waals surface area contributed by atoms with E-state index < -0.39 is 0 Å². The maximum absolute atomic E-state index is 11.9. The van der Waals surface area contributed by atoms with Crippen molar-refractivity contribution in [2.75, 3.05) is 13.2 Å². The molecule has 0 radical (unpaired) electrons. The fourth-order valence-corrected chi connectivity index (χ4v) is 2.61. The molecule has 0 spiro atoms. The number of carbonyl (C=O) groups is 1. The van der Waals surface area contributed by atoms with Crippen LogP contribution in [0.2, 0.25) is 5.02 Å². The Kier molecular flexibility index (Phi) is 5.68. The Bertz CT molecular complexity index is 458. The summed E-state index contributed by atoms with van der Waals surface area (Å²) >= 11 is 5.92. The average Bonchev–Trinajstić information content (AvgIpc) is 2.47. The van der Waals surface area contributed by atoms with Gasteiger partial charge in [-0.25, -0.2) is 0 Å². The molecule has 20 heavy (non-hydrogen) atoms. The third-order valence-corrected chi connectivity index (χ3v) is 3.82. The van der Waals surface area contributed by atoms with E-state index in [9.17, 15) is 9.90 Å². The van der Waals surface area contributed by atoms with Crippen molar-refractivity contribution in [2.24, 2.45) is 0 Å². The van der Waals surface area contributed by atoms with Crippen molar-refractivity contribution < 1.29 is 14.6 Å². The van der Waals surface area contributed by atoms with Crippen LogP contribution in [0.5, 0.6) is 5.75 Å². The predicted molar refractivity (Wildman–Crippen MR) is 78.3 cm³/mol. The molecule has 0 aliphatic heterocycles. The number of aromatic hydroxyl groups is 1. The van der Waals surface area contributed by atoms with E-state index in [4.69, 9.17) is 16.3 Å². The minimum absolute atomic E-state index is 0.0259. The number of phenols is 1. The van der Waals surface area contributed by atoms with E-state index in [1.807, 2.05) is 0 Å². The number of ether oxygens (including phenoxy) is 1. The second kappa shape index (κ2) is 7.50. The summed E-state index contributed by atoms with van der Waals surface area (Å²) in [4.78, 5) is 11.9. The molecule has 1 amide bonds. The Hall–Kier alpha value is -1.26. The van der Waals surface area contributed by atoms with Gasteiger partial charge in [0.05, 0.1) is 23.3 Å². The summed E-state index contributed by atoms with van der Waals surface area (Å²) in [7, 11) is 0. The van der Waals surface area contributed by atoms with Crippen LogP contribution in [0.15, 0.2) is 18.2 Å². The molecule has 2 N–H and O–H groups in total. The first kappa shape index (κ1) is 15.1. The maximum Gasteiger partial charge on any atom is 0.253 e. The molecule has 1 saturated carbocycles. The number of carbonyl (C=O) groups excluding carboxylic acids is 1. The van der Waals surface area contributed by atoms with Crippen LogP contribution in [0.25, 0.3) is 0 Å². The highest BCUT2D eigenvalue weighted by Crippen LogP contribution is 2.21. The van der Waals surface area contributed by atoms with Gasteiger partial charge in [-0.1, -0.05) is 30.9 Å². The molecule has 5 heteroatoms. The molecule has 1 fully saturated rings. The quantitative estimate of drug-likeness (QED) is 0.821. The van der Waals surface area contributed by atoms with Crippen molar-refractivity contribution >= 4 is 17.5 Å². The molecule has 0 aromatic heterocycles. The zero-order valence-corrected chi connectivity index (χ0v) is 12.2. The Balaban J connectivity index is 1.73. The van der Waals surface area contributed by atoms with Gasteiger partial charge in [0.2, 0.25) is 0 Å². The number of amides is 1. The van der Waals surface area contributed by atoms with E-state index in [1.165, 1.54) is 37.5 Å². The van der Waals surface area contributed by atoms with Crippen LogP contribution in [-0.2, 0) is 4.74 Å². The highest BCUT2D eigenvalue weighted by molar-refractivity contribution is 6.33. The number of hydrogen-bond acceptors (Lipinski definition) is 3. The molecular formula is C15H20ClNO3. The van der Waals surface area contributed by atoms with Gasteiger partial charge in [0, 0.05) is 6.54 Å². The minimum Gasteiger partial charge on any atom is -0.508 e. The number of benzene rings is 1. The number of hydrogen-bond donors (Lipinski definition) is 2. The van der Waals surface area contributed by atoms with Crippen molar-refractivity contribution in [3.63, 3.8) is 0 Å². The fraction of sp³-hybridized carbons (Fsp3) is 0.533. The SMILES string of the molecule is O=C(NCCOC1CCCCC1)c1cc(O)ccc1Cl. The monoisotopic (exact) mass is 297 g/mol.